The molecule has 0 amide bonds. The maximum Gasteiger partial charge on any atom is 0.277 e. The van der Waals surface area contributed by atoms with Crippen LogP contribution in [0.1, 0.15) is 36.3 Å². The SMILES string of the molecule is O=C1CCCC2=C1[C@@H](c1ccc([N+](=O)[O-])cc1)c1c([nH]n(-c3ccccc3)c1=O)N2. The molecule has 0 radical (unpaired) electrons. The highest BCUT2D eigenvalue weighted by Crippen LogP contribution is 2.43. The lowest BCUT2D eigenvalue weighted by atomic mass is 9.77. The second kappa shape index (κ2) is 6.84. The predicted octanol–water partition coefficient (Wildman–Crippen LogP) is 3.64. The van der Waals surface area contributed by atoms with Crippen LogP contribution >= 0.6 is 0 Å². The normalized spacial score (nSPS) is 17.9. The number of carbonyl (C=O) groups is 1. The Hall–Kier alpha value is -3.94. The van der Waals surface area contributed by atoms with E-state index in [1.165, 1.54) is 16.8 Å². The highest BCUT2D eigenvalue weighted by molar-refractivity contribution is 6.00. The van der Waals surface area contributed by atoms with Gasteiger partial charge in [0, 0.05) is 35.7 Å². The molecule has 0 fully saturated rings. The van der Waals surface area contributed by atoms with E-state index in [0.29, 0.717) is 41.0 Å². The Bertz CT molecular complexity index is 1250. The van der Waals surface area contributed by atoms with Gasteiger partial charge in [-0.1, -0.05) is 30.3 Å². The number of anilines is 1. The van der Waals surface area contributed by atoms with Gasteiger partial charge in [-0.3, -0.25) is 24.8 Å². The molecule has 0 bridgehead atoms. The van der Waals surface area contributed by atoms with Crippen molar-refractivity contribution in [3.05, 3.63) is 97.5 Å². The lowest BCUT2D eigenvalue weighted by Gasteiger charge is -2.31. The fourth-order valence-corrected chi connectivity index (χ4v) is 4.32. The summed E-state index contributed by atoms with van der Waals surface area (Å²) in [5.41, 5.74) is 2.92. The molecule has 1 aliphatic carbocycles. The maximum atomic E-state index is 13.4. The summed E-state index contributed by atoms with van der Waals surface area (Å²) in [5, 5.41) is 17.5. The van der Waals surface area contributed by atoms with E-state index in [1.807, 2.05) is 30.3 Å². The first-order valence-electron chi connectivity index (χ1n) is 9.72. The van der Waals surface area contributed by atoms with E-state index >= 15 is 0 Å². The zero-order valence-corrected chi connectivity index (χ0v) is 15.9. The first-order valence-corrected chi connectivity index (χ1v) is 9.72. The van der Waals surface area contributed by atoms with Crippen LogP contribution in [-0.2, 0) is 4.79 Å². The largest absolute Gasteiger partial charge is 0.343 e. The number of nitrogens with one attached hydrogen (secondary N) is 2. The maximum absolute atomic E-state index is 13.4. The molecule has 3 aromatic rings. The van der Waals surface area contributed by atoms with Crippen LogP contribution in [0.4, 0.5) is 11.5 Å². The van der Waals surface area contributed by atoms with Gasteiger partial charge in [-0.15, -0.1) is 0 Å². The van der Waals surface area contributed by atoms with Gasteiger partial charge in [-0.25, -0.2) is 4.68 Å². The topological polar surface area (TPSA) is 110 Å². The predicted molar refractivity (Wildman–Crippen MR) is 111 cm³/mol. The summed E-state index contributed by atoms with van der Waals surface area (Å²) in [6, 6.07) is 15.3. The Labute approximate surface area is 171 Å². The Morgan fingerprint density at radius 3 is 2.43 bits per heavy atom. The zero-order valence-electron chi connectivity index (χ0n) is 15.9. The number of para-hydroxylation sites is 1. The molecule has 1 aromatic heterocycles. The van der Waals surface area contributed by atoms with Crippen LogP contribution in [0.2, 0.25) is 0 Å². The number of allylic oxidation sites excluding steroid dienone is 2. The number of nitrogens with zero attached hydrogens (tertiary/aromatic N) is 2. The molecule has 0 spiro atoms. The molecule has 2 N–H and O–H groups in total. The molecule has 2 aliphatic rings. The van der Waals surface area contributed by atoms with Crippen molar-refractivity contribution >= 4 is 17.3 Å². The summed E-state index contributed by atoms with van der Waals surface area (Å²) < 4.78 is 1.46. The molecule has 2 heterocycles. The van der Waals surface area contributed by atoms with Crippen LogP contribution in [0, 0.1) is 10.1 Å². The number of hydrogen-bond donors (Lipinski definition) is 2. The molecule has 0 unspecified atom stereocenters. The van der Waals surface area contributed by atoms with Gasteiger partial charge < -0.3 is 5.32 Å². The number of non-ortho nitro benzene ring substituents is 1. The number of aromatic nitrogens is 2. The summed E-state index contributed by atoms with van der Waals surface area (Å²) in [6.45, 7) is 0. The van der Waals surface area contributed by atoms with Crippen LogP contribution < -0.4 is 10.9 Å². The Morgan fingerprint density at radius 1 is 1.00 bits per heavy atom. The van der Waals surface area contributed by atoms with Crippen molar-refractivity contribution in [1.82, 2.24) is 9.78 Å². The quantitative estimate of drug-likeness (QED) is 0.513. The lowest BCUT2D eigenvalue weighted by molar-refractivity contribution is -0.384. The van der Waals surface area contributed by atoms with Crippen molar-refractivity contribution in [3.8, 4) is 5.69 Å². The van der Waals surface area contributed by atoms with Crippen molar-refractivity contribution in [3.63, 3.8) is 0 Å². The smallest absolute Gasteiger partial charge is 0.277 e. The summed E-state index contributed by atoms with van der Waals surface area (Å²) in [4.78, 5) is 36.9. The summed E-state index contributed by atoms with van der Waals surface area (Å²) >= 11 is 0. The first kappa shape index (κ1) is 18.1. The number of aromatic amines is 1. The molecule has 8 heteroatoms. The molecular formula is C22H18N4O4. The van der Waals surface area contributed by atoms with Crippen LogP contribution in [0.15, 0.2) is 70.7 Å². The number of nitro benzene ring substituents is 1. The van der Waals surface area contributed by atoms with E-state index in [-0.39, 0.29) is 17.0 Å². The van der Waals surface area contributed by atoms with Crippen molar-refractivity contribution in [1.29, 1.82) is 0 Å². The van der Waals surface area contributed by atoms with Gasteiger partial charge in [0.25, 0.3) is 11.2 Å². The number of Topliss-reactive ketones (excluding diaryl/α,β-unsaturated/α-hetero) is 1. The van der Waals surface area contributed by atoms with Gasteiger partial charge in [0.1, 0.15) is 5.82 Å². The van der Waals surface area contributed by atoms with E-state index in [9.17, 15) is 19.7 Å². The van der Waals surface area contributed by atoms with Crippen LogP contribution in [0.25, 0.3) is 5.69 Å². The first-order chi connectivity index (χ1) is 14.5. The minimum absolute atomic E-state index is 0.00427. The third kappa shape index (κ3) is 2.76. The fourth-order valence-electron chi connectivity index (χ4n) is 4.32. The molecule has 2 aromatic carbocycles. The third-order valence-corrected chi connectivity index (χ3v) is 5.69. The Balaban J connectivity index is 1.72. The van der Waals surface area contributed by atoms with Gasteiger partial charge in [0.2, 0.25) is 0 Å². The number of rotatable bonds is 3. The third-order valence-electron chi connectivity index (χ3n) is 5.69. The molecule has 0 saturated carbocycles. The minimum Gasteiger partial charge on any atom is -0.343 e. The summed E-state index contributed by atoms with van der Waals surface area (Å²) in [6.07, 6.45) is 1.88. The second-order valence-corrected chi connectivity index (χ2v) is 7.45. The zero-order chi connectivity index (χ0) is 20.8. The van der Waals surface area contributed by atoms with Crippen LogP contribution in [-0.4, -0.2) is 20.5 Å². The molecule has 150 valence electrons. The molecule has 8 nitrogen and oxygen atoms in total. The average molecular weight is 402 g/mol. The van der Waals surface area contributed by atoms with Crippen LogP contribution in [0.3, 0.4) is 0 Å². The van der Waals surface area contributed by atoms with Crippen molar-refractivity contribution in [2.45, 2.75) is 25.2 Å². The number of H-pyrrole nitrogens is 1. The van der Waals surface area contributed by atoms with Crippen LogP contribution in [0.5, 0.6) is 0 Å². The number of fused-ring (bicyclic) bond motifs is 1. The monoisotopic (exact) mass is 402 g/mol. The highest BCUT2D eigenvalue weighted by Gasteiger charge is 2.38. The molecule has 1 atom stereocenters. The number of carbonyl (C=O) groups excluding carboxylic acids is 1. The van der Waals surface area contributed by atoms with Gasteiger partial charge in [0.05, 0.1) is 16.2 Å². The van der Waals surface area contributed by atoms with Crippen molar-refractivity contribution in [2.24, 2.45) is 0 Å². The molecular weight excluding hydrogens is 384 g/mol. The second-order valence-electron chi connectivity index (χ2n) is 7.45. The standard InChI is InChI=1S/C22H18N4O4/c27-17-8-4-7-16-19(17)18(13-9-11-15(12-10-13)26(29)30)20-21(23-16)24-25(22(20)28)14-5-2-1-3-6-14/h1-3,5-6,9-12,18,23-24H,4,7-8H2/t18-/m1/s1. The lowest BCUT2D eigenvalue weighted by Crippen LogP contribution is -2.29. The van der Waals surface area contributed by atoms with Gasteiger partial charge >= 0.3 is 0 Å². The number of ketones is 1. The fraction of sp³-hybridized carbons (Fsp3) is 0.182. The minimum atomic E-state index is -0.571. The Morgan fingerprint density at radius 2 is 1.73 bits per heavy atom. The Kier molecular flexibility index (Phi) is 4.13. The van der Waals surface area contributed by atoms with Crippen molar-refractivity contribution < 1.29 is 9.72 Å². The van der Waals surface area contributed by atoms with E-state index < -0.39 is 10.8 Å². The molecule has 1 aliphatic heterocycles. The van der Waals surface area contributed by atoms with Gasteiger partial charge in [-0.05, 0) is 30.5 Å². The highest BCUT2D eigenvalue weighted by atomic mass is 16.6. The van der Waals surface area contributed by atoms with E-state index in [0.717, 1.165) is 12.1 Å². The van der Waals surface area contributed by atoms with E-state index in [1.54, 1.807) is 12.1 Å². The molecule has 0 saturated heterocycles. The summed E-state index contributed by atoms with van der Waals surface area (Å²) in [5.74, 6) is -0.0103. The van der Waals surface area contributed by atoms with Crippen molar-refractivity contribution in [2.75, 3.05) is 5.32 Å². The summed E-state index contributed by atoms with van der Waals surface area (Å²) in [7, 11) is 0. The van der Waals surface area contributed by atoms with Gasteiger partial charge in [-0.2, -0.15) is 0 Å². The number of hydrogen-bond acceptors (Lipinski definition) is 5. The van der Waals surface area contributed by atoms with E-state index in [2.05, 4.69) is 10.4 Å². The van der Waals surface area contributed by atoms with E-state index in [4.69, 9.17) is 0 Å². The molecule has 30 heavy (non-hydrogen) atoms. The molecule has 5 rings (SSSR count). The average Bonchev–Trinajstić information content (AvgIpc) is 3.09. The number of nitro groups is 1. The number of benzene rings is 2. The van der Waals surface area contributed by atoms with Gasteiger partial charge in [0.15, 0.2) is 5.78 Å².